The first-order valence-electron chi connectivity index (χ1n) is 6.02. The molecule has 1 aliphatic heterocycles. The predicted octanol–water partition coefficient (Wildman–Crippen LogP) is 2.81. The molecule has 0 amide bonds. The fraction of sp³-hybridized carbons (Fsp3) is 0.462. The SMILES string of the molecule is CC1OCCC1CNc1ccc(Cl)cc1C(N)=S. The number of hydrogen-bond donors (Lipinski definition) is 2. The van der Waals surface area contributed by atoms with Crippen LogP contribution in [0.1, 0.15) is 18.9 Å². The van der Waals surface area contributed by atoms with Crippen molar-refractivity contribution in [1.29, 1.82) is 0 Å². The van der Waals surface area contributed by atoms with Crippen molar-refractivity contribution >= 4 is 34.5 Å². The first kappa shape index (κ1) is 13.6. The highest BCUT2D eigenvalue weighted by molar-refractivity contribution is 7.80. The van der Waals surface area contributed by atoms with Crippen molar-refractivity contribution < 1.29 is 4.74 Å². The number of rotatable bonds is 4. The van der Waals surface area contributed by atoms with Crippen LogP contribution in [0.2, 0.25) is 5.02 Å². The van der Waals surface area contributed by atoms with Crippen LogP contribution in [-0.4, -0.2) is 24.2 Å². The van der Waals surface area contributed by atoms with Gasteiger partial charge in [0.1, 0.15) is 4.99 Å². The second-order valence-electron chi connectivity index (χ2n) is 4.56. The molecule has 2 atom stereocenters. The van der Waals surface area contributed by atoms with Crippen LogP contribution in [0.4, 0.5) is 5.69 Å². The summed E-state index contributed by atoms with van der Waals surface area (Å²) in [5.74, 6) is 0.528. The van der Waals surface area contributed by atoms with Gasteiger partial charge in [0.25, 0.3) is 0 Å². The molecule has 3 nitrogen and oxygen atoms in total. The summed E-state index contributed by atoms with van der Waals surface area (Å²) in [6.07, 6.45) is 1.39. The van der Waals surface area contributed by atoms with Crippen molar-refractivity contribution in [2.75, 3.05) is 18.5 Å². The van der Waals surface area contributed by atoms with Gasteiger partial charge in [0.2, 0.25) is 0 Å². The summed E-state index contributed by atoms with van der Waals surface area (Å²) >= 11 is 11.0. The van der Waals surface area contributed by atoms with Crippen LogP contribution in [0.15, 0.2) is 18.2 Å². The Hall–Kier alpha value is -0.840. The predicted molar refractivity (Wildman–Crippen MR) is 79.4 cm³/mol. The van der Waals surface area contributed by atoms with Crippen LogP contribution >= 0.6 is 23.8 Å². The van der Waals surface area contributed by atoms with Gasteiger partial charge < -0.3 is 15.8 Å². The van der Waals surface area contributed by atoms with Crippen molar-refractivity contribution in [2.24, 2.45) is 11.7 Å². The van der Waals surface area contributed by atoms with Crippen molar-refractivity contribution in [2.45, 2.75) is 19.4 Å². The first-order valence-corrected chi connectivity index (χ1v) is 6.81. The molecule has 1 fully saturated rings. The van der Waals surface area contributed by atoms with Gasteiger partial charge in [-0.15, -0.1) is 0 Å². The summed E-state index contributed by atoms with van der Waals surface area (Å²) in [7, 11) is 0. The van der Waals surface area contributed by atoms with Crippen LogP contribution in [0.3, 0.4) is 0 Å². The number of halogens is 1. The fourth-order valence-corrected chi connectivity index (χ4v) is 2.50. The van der Waals surface area contributed by atoms with Gasteiger partial charge in [-0.25, -0.2) is 0 Å². The average Bonchev–Trinajstić information content (AvgIpc) is 2.73. The standard InChI is InChI=1S/C13H17ClN2OS/c1-8-9(4-5-17-8)7-16-12-3-2-10(14)6-11(12)13(15)18/h2-3,6,8-9,16H,4-5,7H2,1H3,(H2,15,18). The van der Waals surface area contributed by atoms with E-state index in [0.717, 1.165) is 30.8 Å². The monoisotopic (exact) mass is 284 g/mol. The highest BCUT2D eigenvalue weighted by Gasteiger charge is 2.24. The van der Waals surface area contributed by atoms with Crippen LogP contribution < -0.4 is 11.1 Å². The Morgan fingerprint density at radius 2 is 2.39 bits per heavy atom. The molecule has 98 valence electrons. The maximum atomic E-state index is 5.95. The molecule has 0 aromatic heterocycles. The van der Waals surface area contributed by atoms with Crippen LogP contribution in [0.25, 0.3) is 0 Å². The number of ether oxygens (including phenoxy) is 1. The molecule has 5 heteroatoms. The summed E-state index contributed by atoms with van der Waals surface area (Å²) in [5.41, 5.74) is 7.43. The van der Waals surface area contributed by atoms with E-state index >= 15 is 0 Å². The third kappa shape index (κ3) is 3.13. The number of hydrogen-bond acceptors (Lipinski definition) is 3. The minimum absolute atomic E-state index is 0.304. The molecule has 0 spiro atoms. The van der Waals surface area contributed by atoms with E-state index in [2.05, 4.69) is 12.2 Å². The zero-order valence-corrected chi connectivity index (χ0v) is 11.9. The number of nitrogens with two attached hydrogens (primary N) is 1. The molecule has 0 aliphatic carbocycles. The van der Waals surface area contributed by atoms with Gasteiger partial charge >= 0.3 is 0 Å². The largest absolute Gasteiger partial charge is 0.389 e. The molecule has 1 saturated heterocycles. The minimum Gasteiger partial charge on any atom is -0.389 e. The van der Waals surface area contributed by atoms with E-state index in [1.54, 1.807) is 6.07 Å². The Labute approximate surface area is 118 Å². The molecular formula is C13H17ClN2OS. The molecule has 1 aliphatic rings. The maximum Gasteiger partial charge on any atom is 0.106 e. The second-order valence-corrected chi connectivity index (χ2v) is 5.44. The number of nitrogens with one attached hydrogen (secondary N) is 1. The highest BCUT2D eigenvalue weighted by Crippen LogP contribution is 2.24. The second kappa shape index (κ2) is 5.87. The van der Waals surface area contributed by atoms with Gasteiger partial charge in [-0.2, -0.15) is 0 Å². The molecule has 2 rings (SSSR count). The lowest BCUT2D eigenvalue weighted by atomic mass is 10.0. The van der Waals surface area contributed by atoms with Crippen LogP contribution in [0, 0.1) is 5.92 Å². The normalized spacial score (nSPS) is 23.0. The summed E-state index contributed by atoms with van der Waals surface area (Å²) in [6, 6.07) is 5.54. The average molecular weight is 285 g/mol. The number of thiocarbonyl (C=S) groups is 1. The third-order valence-corrected chi connectivity index (χ3v) is 3.79. The zero-order chi connectivity index (χ0) is 13.1. The Morgan fingerprint density at radius 3 is 3.00 bits per heavy atom. The summed E-state index contributed by atoms with van der Waals surface area (Å²) < 4.78 is 5.54. The molecule has 0 radical (unpaired) electrons. The molecular weight excluding hydrogens is 268 g/mol. The molecule has 0 bridgehead atoms. The quantitative estimate of drug-likeness (QED) is 0.835. The van der Waals surface area contributed by atoms with E-state index in [4.69, 9.17) is 34.3 Å². The van der Waals surface area contributed by atoms with E-state index in [9.17, 15) is 0 Å². The highest BCUT2D eigenvalue weighted by atomic mass is 35.5. The molecule has 3 N–H and O–H groups in total. The summed E-state index contributed by atoms with van der Waals surface area (Å²) in [5, 5.41) is 4.03. The fourth-order valence-electron chi connectivity index (χ4n) is 2.16. The van der Waals surface area contributed by atoms with Gasteiger partial charge in [-0.05, 0) is 31.5 Å². The van der Waals surface area contributed by atoms with Crippen molar-refractivity contribution in [3.8, 4) is 0 Å². The van der Waals surface area contributed by atoms with Crippen molar-refractivity contribution in [1.82, 2.24) is 0 Å². The molecule has 1 aromatic rings. The molecule has 2 unspecified atom stereocenters. The molecule has 1 aromatic carbocycles. The van der Waals surface area contributed by atoms with Crippen LogP contribution in [0.5, 0.6) is 0 Å². The summed E-state index contributed by atoms with van der Waals surface area (Å²) in [6.45, 7) is 3.81. The van der Waals surface area contributed by atoms with E-state index in [0.29, 0.717) is 22.0 Å². The zero-order valence-electron chi connectivity index (χ0n) is 10.3. The van der Waals surface area contributed by atoms with E-state index in [1.165, 1.54) is 0 Å². The van der Waals surface area contributed by atoms with Gasteiger partial charge in [0.05, 0.1) is 6.10 Å². The Bertz CT molecular complexity index is 453. The Morgan fingerprint density at radius 1 is 1.61 bits per heavy atom. The van der Waals surface area contributed by atoms with Gasteiger partial charge in [0.15, 0.2) is 0 Å². The maximum absolute atomic E-state index is 5.95. The lowest BCUT2D eigenvalue weighted by molar-refractivity contribution is 0.108. The van der Waals surface area contributed by atoms with Gasteiger partial charge in [0, 0.05) is 35.3 Å². The van der Waals surface area contributed by atoms with Gasteiger partial charge in [-0.3, -0.25) is 0 Å². The van der Waals surface area contributed by atoms with E-state index in [-0.39, 0.29) is 0 Å². The van der Waals surface area contributed by atoms with E-state index < -0.39 is 0 Å². The van der Waals surface area contributed by atoms with Gasteiger partial charge in [-0.1, -0.05) is 23.8 Å². The Balaban J connectivity index is 2.06. The number of anilines is 1. The van der Waals surface area contributed by atoms with Crippen molar-refractivity contribution in [3.63, 3.8) is 0 Å². The Kier molecular flexibility index (Phi) is 4.43. The lowest BCUT2D eigenvalue weighted by Gasteiger charge is -2.17. The third-order valence-electron chi connectivity index (χ3n) is 3.34. The first-order chi connectivity index (χ1) is 8.58. The molecule has 0 saturated carbocycles. The summed E-state index contributed by atoms with van der Waals surface area (Å²) in [4.78, 5) is 0.357. The molecule has 1 heterocycles. The smallest absolute Gasteiger partial charge is 0.106 e. The topological polar surface area (TPSA) is 47.3 Å². The van der Waals surface area contributed by atoms with Crippen LogP contribution in [-0.2, 0) is 4.74 Å². The lowest BCUT2D eigenvalue weighted by Crippen LogP contribution is -2.22. The molecule has 18 heavy (non-hydrogen) atoms. The minimum atomic E-state index is 0.304. The van der Waals surface area contributed by atoms with E-state index in [1.807, 2.05) is 12.1 Å². The van der Waals surface area contributed by atoms with Crippen molar-refractivity contribution in [3.05, 3.63) is 28.8 Å². The number of benzene rings is 1.